The molecule has 1 rings (SSSR count). The van der Waals surface area contributed by atoms with Gasteiger partial charge in [-0.2, -0.15) is 0 Å². The van der Waals surface area contributed by atoms with Crippen LogP contribution in [-0.4, -0.2) is 38.9 Å². The molecule has 1 aromatic carbocycles. The van der Waals surface area contributed by atoms with Gasteiger partial charge >= 0.3 is 11.9 Å². The van der Waals surface area contributed by atoms with Gasteiger partial charge in [-0.15, -0.1) is 0 Å². The Morgan fingerprint density at radius 2 is 1.20 bits per heavy atom. The molecule has 1 aromatic rings. The SMILES string of the molecule is CCCCCCCCCCOC(=O)c1ccc(C(=O)OCCC(C)CCOC)cc1. The highest BCUT2D eigenvalue weighted by molar-refractivity contribution is 5.93. The van der Waals surface area contributed by atoms with Crippen LogP contribution in [0.3, 0.4) is 0 Å². The van der Waals surface area contributed by atoms with Gasteiger partial charge in [0.15, 0.2) is 0 Å². The number of rotatable bonds is 17. The summed E-state index contributed by atoms with van der Waals surface area (Å²) < 4.78 is 15.7. The van der Waals surface area contributed by atoms with E-state index in [4.69, 9.17) is 14.2 Å². The van der Waals surface area contributed by atoms with Crippen molar-refractivity contribution >= 4 is 11.9 Å². The van der Waals surface area contributed by atoms with Crippen LogP contribution in [0.2, 0.25) is 0 Å². The van der Waals surface area contributed by atoms with E-state index in [0.29, 0.717) is 36.9 Å². The topological polar surface area (TPSA) is 61.8 Å². The molecule has 1 unspecified atom stereocenters. The monoisotopic (exact) mass is 420 g/mol. The number of carbonyl (C=O) groups is 2. The molecule has 0 aliphatic rings. The second kappa shape index (κ2) is 16.9. The molecule has 5 heteroatoms. The first-order valence-corrected chi connectivity index (χ1v) is 11.5. The lowest BCUT2D eigenvalue weighted by molar-refractivity contribution is 0.0471. The van der Waals surface area contributed by atoms with Crippen molar-refractivity contribution in [3.63, 3.8) is 0 Å². The number of ether oxygens (including phenoxy) is 3. The van der Waals surface area contributed by atoms with Gasteiger partial charge in [-0.1, -0.05) is 58.8 Å². The van der Waals surface area contributed by atoms with E-state index < -0.39 is 0 Å². The Hall–Kier alpha value is -1.88. The molecule has 0 N–H and O–H groups in total. The minimum Gasteiger partial charge on any atom is -0.462 e. The fourth-order valence-corrected chi connectivity index (χ4v) is 3.13. The summed E-state index contributed by atoms with van der Waals surface area (Å²) in [6, 6.07) is 6.47. The van der Waals surface area contributed by atoms with Gasteiger partial charge in [-0.25, -0.2) is 9.59 Å². The third-order valence-corrected chi connectivity index (χ3v) is 5.25. The maximum Gasteiger partial charge on any atom is 0.338 e. The summed E-state index contributed by atoms with van der Waals surface area (Å²) in [6.07, 6.45) is 11.4. The number of hydrogen-bond acceptors (Lipinski definition) is 5. The summed E-state index contributed by atoms with van der Waals surface area (Å²) in [5.74, 6) is -0.270. The lowest BCUT2D eigenvalue weighted by atomic mass is 10.1. The molecule has 30 heavy (non-hydrogen) atoms. The Morgan fingerprint density at radius 3 is 1.73 bits per heavy atom. The van der Waals surface area contributed by atoms with Gasteiger partial charge in [-0.05, 0) is 49.4 Å². The maximum absolute atomic E-state index is 12.1. The predicted octanol–water partition coefficient (Wildman–Crippen LogP) is 6.20. The summed E-state index contributed by atoms with van der Waals surface area (Å²) in [5.41, 5.74) is 0.901. The van der Waals surface area contributed by atoms with Crippen LogP contribution in [-0.2, 0) is 14.2 Å². The summed E-state index contributed by atoms with van der Waals surface area (Å²) in [7, 11) is 1.68. The van der Waals surface area contributed by atoms with Crippen molar-refractivity contribution < 1.29 is 23.8 Å². The highest BCUT2D eigenvalue weighted by Gasteiger charge is 2.11. The number of benzene rings is 1. The summed E-state index contributed by atoms with van der Waals surface area (Å²) in [4.78, 5) is 24.2. The summed E-state index contributed by atoms with van der Waals surface area (Å²) >= 11 is 0. The molecule has 0 saturated heterocycles. The van der Waals surface area contributed by atoms with Crippen molar-refractivity contribution in [1.29, 1.82) is 0 Å². The van der Waals surface area contributed by atoms with Crippen LogP contribution in [0.25, 0.3) is 0 Å². The van der Waals surface area contributed by atoms with Gasteiger partial charge in [0, 0.05) is 13.7 Å². The molecule has 170 valence electrons. The number of esters is 2. The Morgan fingerprint density at radius 1 is 0.733 bits per heavy atom. The number of hydrogen-bond donors (Lipinski definition) is 0. The zero-order chi connectivity index (χ0) is 22.0. The van der Waals surface area contributed by atoms with E-state index in [1.807, 2.05) is 0 Å². The van der Waals surface area contributed by atoms with E-state index >= 15 is 0 Å². The molecule has 0 spiro atoms. The zero-order valence-corrected chi connectivity index (χ0v) is 19.1. The minimum absolute atomic E-state index is 0.343. The summed E-state index contributed by atoms with van der Waals surface area (Å²) in [5, 5.41) is 0. The number of unbranched alkanes of at least 4 members (excludes halogenated alkanes) is 7. The van der Waals surface area contributed by atoms with Crippen molar-refractivity contribution in [3.8, 4) is 0 Å². The van der Waals surface area contributed by atoms with E-state index in [9.17, 15) is 9.59 Å². The van der Waals surface area contributed by atoms with Gasteiger partial charge in [0.1, 0.15) is 0 Å². The predicted molar refractivity (Wildman–Crippen MR) is 120 cm³/mol. The smallest absolute Gasteiger partial charge is 0.338 e. The van der Waals surface area contributed by atoms with Crippen LogP contribution in [0, 0.1) is 5.92 Å². The minimum atomic E-state index is -0.368. The van der Waals surface area contributed by atoms with Crippen LogP contribution in [0.15, 0.2) is 24.3 Å². The molecule has 0 aliphatic carbocycles. The molecule has 0 aromatic heterocycles. The van der Waals surface area contributed by atoms with Crippen molar-refractivity contribution in [2.45, 2.75) is 78.1 Å². The molecule has 0 saturated carbocycles. The highest BCUT2D eigenvalue weighted by Crippen LogP contribution is 2.12. The first kappa shape index (κ1) is 26.2. The fraction of sp³-hybridized carbons (Fsp3) is 0.680. The molecule has 0 aliphatic heterocycles. The van der Waals surface area contributed by atoms with E-state index in [-0.39, 0.29) is 11.9 Å². The molecule has 0 amide bonds. The molecule has 0 fully saturated rings. The van der Waals surface area contributed by atoms with Crippen molar-refractivity contribution in [2.24, 2.45) is 5.92 Å². The van der Waals surface area contributed by atoms with Crippen LogP contribution in [0.5, 0.6) is 0 Å². The first-order valence-electron chi connectivity index (χ1n) is 11.5. The van der Waals surface area contributed by atoms with E-state index in [2.05, 4.69) is 13.8 Å². The molecular formula is C25H40O5. The largest absolute Gasteiger partial charge is 0.462 e. The molecule has 0 bridgehead atoms. The molecule has 1 atom stereocenters. The van der Waals surface area contributed by atoms with Gasteiger partial charge in [-0.3, -0.25) is 0 Å². The third kappa shape index (κ3) is 12.0. The lowest BCUT2D eigenvalue weighted by Crippen LogP contribution is -2.11. The van der Waals surface area contributed by atoms with Gasteiger partial charge in [0.05, 0.1) is 24.3 Å². The number of carbonyl (C=O) groups excluding carboxylic acids is 2. The molecule has 0 radical (unpaired) electrons. The Kier molecular flexibility index (Phi) is 14.7. The second-order valence-electron chi connectivity index (χ2n) is 8.00. The molecule has 0 heterocycles. The van der Waals surface area contributed by atoms with Gasteiger partial charge in [0.2, 0.25) is 0 Å². The standard InChI is InChI=1S/C25H40O5/c1-4-5-6-7-8-9-10-11-18-29-24(26)22-12-14-23(15-13-22)25(27)30-20-17-21(2)16-19-28-3/h12-15,21H,4-11,16-20H2,1-3H3. The Labute approximate surface area is 182 Å². The van der Waals surface area contributed by atoms with E-state index in [0.717, 1.165) is 25.7 Å². The van der Waals surface area contributed by atoms with Crippen molar-refractivity contribution in [3.05, 3.63) is 35.4 Å². The van der Waals surface area contributed by atoms with Crippen LogP contribution < -0.4 is 0 Å². The summed E-state index contributed by atoms with van der Waals surface area (Å²) in [6.45, 7) is 5.87. The molecular weight excluding hydrogens is 380 g/mol. The Balaban J connectivity index is 2.21. The third-order valence-electron chi connectivity index (χ3n) is 5.25. The maximum atomic E-state index is 12.1. The molecule has 5 nitrogen and oxygen atoms in total. The first-order chi connectivity index (χ1) is 14.6. The zero-order valence-electron chi connectivity index (χ0n) is 19.1. The Bertz CT molecular complexity index is 582. The van der Waals surface area contributed by atoms with Crippen molar-refractivity contribution in [1.82, 2.24) is 0 Å². The van der Waals surface area contributed by atoms with Gasteiger partial charge in [0.25, 0.3) is 0 Å². The van der Waals surface area contributed by atoms with E-state index in [1.54, 1.807) is 31.4 Å². The van der Waals surface area contributed by atoms with Gasteiger partial charge < -0.3 is 14.2 Å². The second-order valence-corrected chi connectivity index (χ2v) is 8.00. The average molecular weight is 421 g/mol. The van der Waals surface area contributed by atoms with Crippen molar-refractivity contribution in [2.75, 3.05) is 26.9 Å². The van der Waals surface area contributed by atoms with Crippen LogP contribution >= 0.6 is 0 Å². The lowest BCUT2D eigenvalue weighted by Gasteiger charge is -2.11. The normalized spacial score (nSPS) is 11.8. The quantitative estimate of drug-likeness (QED) is 0.222. The fourth-order valence-electron chi connectivity index (χ4n) is 3.13. The van der Waals surface area contributed by atoms with Crippen LogP contribution in [0.4, 0.5) is 0 Å². The van der Waals surface area contributed by atoms with E-state index in [1.165, 1.54) is 38.5 Å². The van der Waals surface area contributed by atoms with Crippen LogP contribution in [0.1, 0.15) is 98.8 Å². The highest BCUT2D eigenvalue weighted by atomic mass is 16.5. The number of methoxy groups -OCH3 is 1. The average Bonchev–Trinajstić information content (AvgIpc) is 2.76.